The fourth-order valence-corrected chi connectivity index (χ4v) is 3.09. The minimum Gasteiger partial charge on any atom is -0.488 e. The van der Waals surface area contributed by atoms with Crippen LogP contribution in [0.1, 0.15) is 23.6 Å². The molecule has 0 spiro atoms. The van der Waals surface area contributed by atoms with Crippen LogP contribution in [0.4, 0.5) is 0 Å². The Balaban J connectivity index is 1.96. The van der Waals surface area contributed by atoms with Gasteiger partial charge in [0, 0.05) is 21.5 Å². The molecule has 2 aromatic carbocycles. The molecule has 0 N–H and O–H groups in total. The van der Waals surface area contributed by atoms with Crippen molar-refractivity contribution in [3.8, 4) is 5.75 Å². The number of hydrogen-bond donors (Lipinski definition) is 0. The highest BCUT2D eigenvalue weighted by Gasteiger charge is 2.11. The SMILES string of the molecule is CCc1cc(=O)oc2c(C)c(OCc3cccc(Br)c3)ccc12. The van der Waals surface area contributed by atoms with E-state index >= 15 is 0 Å². The summed E-state index contributed by atoms with van der Waals surface area (Å²) in [6, 6.07) is 13.4. The van der Waals surface area contributed by atoms with Crippen molar-refractivity contribution in [1.82, 2.24) is 0 Å². The summed E-state index contributed by atoms with van der Waals surface area (Å²) in [6.45, 7) is 4.41. The number of halogens is 1. The van der Waals surface area contributed by atoms with E-state index in [4.69, 9.17) is 9.15 Å². The van der Waals surface area contributed by atoms with Gasteiger partial charge in [0.1, 0.15) is 17.9 Å². The molecule has 0 unspecified atom stereocenters. The third kappa shape index (κ3) is 3.32. The van der Waals surface area contributed by atoms with Crippen molar-refractivity contribution in [2.75, 3.05) is 0 Å². The van der Waals surface area contributed by atoms with Crippen molar-refractivity contribution in [3.05, 3.63) is 74.0 Å². The molecule has 23 heavy (non-hydrogen) atoms. The van der Waals surface area contributed by atoms with E-state index in [1.807, 2.05) is 50.2 Å². The quantitative estimate of drug-likeness (QED) is 0.604. The number of aryl methyl sites for hydroxylation is 2. The third-order valence-corrected chi connectivity index (χ3v) is 4.35. The molecular formula is C19H17BrO3. The van der Waals surface area contributed by atoms with Crippen LogP contribution in [0, 0.1) is 6.92 Å². The molecule has 0 amide bonds. The van der Waals surface area contributed by atoms with Gasteiger partial charge in [0.05, 0.1) is 0 Å². The number of ether oxygens (including phenoxy) is 1. The average Bonchev–Trinajstić information content (AvgIpc) is 2.54. The predicted molar refractivity (Wildman–Crippen MR) is 95.1 cm³/mol. The first kappa shape index (κ1) is 15.8. The van der Waals surface area contributed by atoms with Gasteiger partial charge in [-0.2, -0.15) is 0 Å². The molecule has 0 fully saturated rings. The summed E-state index contributed by atoms with van der Waals surface area (Å²) < 4.78 is 12.3. The molecule has 4 heteroatoms. The van der Waals surface area contributed by atoms with Crippen molar-refractivity contribution in [3.63, 3.8) is 0 Å². The Morgan fingerprint density at radius 3 is 2.74 bits per heavy atom. The van der Waals surface area contributed by atoms with Gasteiger partial charge in [-0.15, -0.1) is 0 Å². The van der Waals surface area contributed by atoms with Gasteiger partial charge in [-0.25, -0.2) is 4.79 Å². The average molecular weight is 373 g/mol. The molecule has 3 rings (SSSR count). The highest BCUT2D eigenvalue weighted by molar-refractivity contribution is 9.10. The summed E-state index contributed by atoms with van der Waals surface area (Å²) in [7, 11) is 0. The molecule has 0 saturated carbocycles. The second kappa shape index (κ2) is 6.59. The van der Waals surface area contributed by atoms with Gasteiger partial charge < -0.3 is 9.15 Å². The zero-order chi connectivity index (χ0) is 16.4. The van der Waals surface area contributed by atoms with E-state index in [1.165, 1.54) is 0 Å². The van der Waals surface area contributed by atoms with Gasteiger partial charge >= 0.3 is 5.63 Å². The van der Waals surface area contributed by atoms with Crippen LogP contribution >= 0.6 is 15.9 Å². The zero-order valence-corrected chi connectivity index (χ0v) is 14.6. The Bertz CT molecular complexity index is 912. The predicted octanol–water partition coefficient (Wildman–Crippen LogP) is 5.01. The molecular weight excluding hydrogens is 356 g/mol. The molecule has 1 aromatic heterocycles. The first-order valence-electron chi connectivity index (χ1n) is 7.52. The van der Waals surface area contributed by atoms with Crippen LogP contribution in [-0.2, 0) is 13.0 Å². The molecule has 0 aliphatic carbocycles. The van der Waals surface area contributed by atoms with E-state index in [2.05, 4.69) is 15.9 Å². The third-order valence-electron chi connectivity index (χ3n) is 3.86. The van der Waals surface area contributed by atoms with Gasteiger partial charge in [0.25, 0.3) is 0 Å². The minimum absolute atomic E-state index is 0.318. The molecule has 0 bridgehead atoms. The summed E-state index contributed by atoms with van der Waals surface area (Å²) in [5, 5.41) is 0.972. The maximum Gasteiger partial charge on any atom is 0.336 e. The normalized spacial score (nSPS) is 10.9. The van der Waals surface area contributed by atoms with Crippen molar-refractivity contribution in [2.24, 2.45) is 0 Å². The molecule has 0 atom stereocenters. The van der Waals surface area contributed by atoms with E-state index in [1.54, 1.807) is 6.07 Å². The summed E-state index contributed by atoms with van der Waals surface area (Å²) in [6.07, 6.45) is 0.791. The van der Waals surface area contributed by atoms with E-state index in [0.29, 0.717) is 12.2 Å². The Hall–Kier alpha value is -2.07. The summed E-state index contributed by atoms with van der Waals surface area (Å²) in [5.41, 5.74) is 3.22. The molecule has 0 radical (unpaired) electrons. The van der Waals surface area contributed by atoms with Crippen LogP contribution < -0.4 is 10.4 Å². The van der Waals surface area contributed by atoms with E-state index in [-0.39, 0.29) is 5.63 Å². The number of benzene rings is 2. The fraction of sp³-hybridized carbons (Fsp3) is 0.211. The number of hydrogen-bond acceptors (Lipinski definition) is 3. The van der Waals surface area contributed by atoms with Crippen LogP contribution in [-0.4, -0.2) is 0 Å². The molecule has 3 aromatic rings. The van der Waals surface area contributed by atoms with E-state index < -0.39 is 0 Å². The van der Waals surface area contributed by atoms with Crippen molar-refractivity contribution >= 4 is 26.9 Å². The van der Waals surface area contributed by atoms with E-state index in [9.17, 15) is 4.79 Å². The zero-order valence-electron chi connectivity index (χ0n) is 13.1. The highest BCUT2D eigenvalue weighted by Crippen LogP contribution is 2.29. The lowest BCUT2D eigenvalue weighted by molar-refractivity contribution is 0.304. The standard InChI is InChI=1S/C19H17BrO3/c1-3-14-10-18(21)23-19-12(2)17(8-7-16(14)19)22-11-13-5-4-6-15(20)9-13/h4-10H,3,11H2,1-2H3. The summed E-state index contributed by atoms with van der Waals surface area (Å²) >= 11 is 3.45. The minimum atomic E-state index is -0.318. The summed E-state index contributed by atoms with van der Waals surface area (Å²) in [4.78, 5) is 11.7. The van der Waals surface area contributed by atoms with Crippen LogP contribution in [0.5, 0.6) is 5.75 Å². The topological polar surface area (TPSA) is 39.4 Å². The Kier molecular flexibility index (Phi) is 4.53. The molecule has 118 valence electrons. The van der Waals surface area contributed by atoms with Gasteiger partial charge in [0.2, 0.25) is 0 Å². The maximum atomic E-state index is 11.7. The van der Waals surface area contributed by atoms with Gasteiger partial charge in [-0.3, -0.25) is 0 Å². The first-order valence-corrected chi connectivity index (χ1v) is 8.31. The van der Waals surface area contributed by atoms with Crippen LogP contribution in [0.3, 0.4) is 0 Å². The molecule has 3 nitrogen and oxygen atoms in total. The smallest absolute Gasteiger partial charge is 0.336 e. The van der Waals surface area contributed by atoms with Crippen molar-refractivity contribution in [2.45, 2.75) is 26.9 Å². The van der Waals surface area contributed by atoms with Crippen LogP contribution in [0.25, 0.3) is 11.0 Å². The molecule has 0 saturated heterocycles. The largest absolute Gasteiger partial charge is 0.488 e. The number of rotatable bonds is 4. The van der Waals surface area contributed by atoms with Crippen molar-refractivity contribution in [1.29, 1.82) is 0 Å². The monoisotopic (exact) mass is 372 g/mol. The second-order valence-corrected chi connectivity index (χ2v) is 6.34. The van der Waals surface area contributed by atoms with E-state index in [0.717, 1.165) is 38.7 Å². The molecule has 1 heterocycles. The Morgan fingerprint density at radius 1 is 1.17 bits per heavy atom. The van der Waals surface area contributed by atoms with Gasteiger partial charge in [0.15, 0.2) is 0 Å². The summed E-state index contributed by atoms with van der Waals surface area (Å²) in [5.74, 6) is 0.730. The highest BCUT2D eigenvalue weighted by atomic mass is 79.9. The van der Waals surface area contributed by atoms with Crippen molar-refractivity contribution < 1.29 is 9.15 Å². The van der Waals surface area contributed by atoms with Crippen LogP contribution in [0.15, 0.2) is 56.1 Å². The maximum absolute atomic E-state index is 11.7. The number of fused-ring (bicyclic) bond motifs is 1. The van der Waals surface area contributed by atoms with Gasteiger partial charge in [-0.1, -0.05) is 35.0 Å². The lowest BCUT2D eigenvalue weighted by atomic mass is 10.0. The first-order chi connectivity index (χ1) is 11.1. The lowest BCUT2D eigenvalue weighted by Crippen LogP contribution is -2.02. The van der Waals surface area contributed by atoms with Crippen LogP contribution in [0.2, 0.25) is 0 Å². The Morgan fingerprint density at radius 2 is 2.00 bits per heavy atom. The second-order valence-electron chi connectivity index (χ2n) is 5.43. The fourth-order valence-electron chi connectivity index (χ4n) is 2.64. The lowest BCUT2D eigenvalue weighted by Gasteiger charge is -2.12. The van der Waals surface area contributed by atoms with Gasteiger partial charge in [-0.05, 0) is 48.7 Å². The molecule has 0 aliphatic rings. The molecule has 0 aliphatic heterocycles. The Labute approximate surface area is 143 Å².